The summed E-state index contributed by atoms with van der Waals surface area (Å²) >= 11 is 0. The zero-order valence-electron chi connectivity index (χ0n) is 23.9. The van der Waals surface area contributed by atoms with E-state index in [2.05, 4.69) is 49.4 Å². The van der Waals surface area contributed by atoms with Crippen molar-refractivity contribution < 1.29 is 18.3 Å². The first-order chi connectivity index (χ1) is 20.6. The monoisotopic (exact) mass is 602 g/mol. The van der Waals surface area contributed by atoms with Crippen LogP contribution in [0.3, 0.4) is 0 Å². The smallest absolute Gasteiger partial charge is 0.261 e. The van der Waals surface area contributed by atoms with Crippen LogP contribution >= 0.6 is 0 Å². The van der Waals surface area contributed by atoms with Crippen molar-refractivity contribution in [2.24, 2.45) is 0 Å². The first-order valence-corrected chi connectivity index (χ1v) is 15.3. The van der Waals surface area contributed by atoms with Crippen molar-refractivity contribution in [2.45, 2.75) is 49.9 Å². The molecule has 0 saturated carbocycles. The lowest BCUT2D eigenvalue weighted by molar-refractivity contribution is 0.0949. The van der Waals surface area contributed by atoms with E-state index in [-0.39, 0.29) is 29.4 Å². The van der Waals surface area contributed by atoms with Gasteiger partial charge < -0.3 is 20.3 Å². The molecule has 0 saturated heterocycles. The van der Waals surface area contributed by atoms with Gasteiger partial charge in [0.2, 0.25) is 0 Å². The zero-order chi connectivity index (χ0) is 30.5. The summed E-state index contributed by atoms with van der Waals surface area (Å²) in [5, 5.41) is 24.4. The summed E-state index contributed by atoms with van der Waals surface area (Å²) in [6.45, 7) is 5.30. The van der Waals surface area contributed by atoms with E-state index in [1.54, 1.807) is 48.7 Å². The number of H-pyrrole nitrogens is 1. The van der Waals surface area contributed by atoms with E-state index in [1.807, 2.05) is 22.9 Å². The molecule has 0 aliphatic rings. The third-order valence-electron chi connectivity index (χ3n) is 7.07. The Morgan fingerprint density at radius 2 is 1.88 bits per heavy atom. The average molecular weight is 603 g/mol. The van der Waals surface area contributed by atoms with Gasteiger partial charge in [-0.05, 0) is 62.2 Å². The quantitative estimate of drug-likeness (QED) is 0.137. The van der Waals surface area contributed by atoms with Gasteiger partial charge in [0.05, 0.1) is 23.1 Å². The summed E-state index contributed by atoms with van der Waals surface area (Å²) in [5.74, 6) is 0.318. The number of hydrogen-bond acceptors (Lipinski definition) is 8. The zero-order valence-corrected chi connectivity index (χ0v) is 24.7. The van der Waals surface area contributed by atoms with E-state index in [4.69, 9.17) is 0 Å². The summed E-state index contributed by atoms with van der Waals surface area (Å²) in [6, 6.07) is 18.6. The first kappa shape index (κ1) is 29.9. The topological polar surface area (TPSA) is 167 Å². The van der Waals surface area contributed by atoms with Crippen LogP contribution < -0.4 is 15.4 Å². The van der Waals surface area contributed by atoms with Gasteiger partial charge in [0.1, 0.15) is 17.8 Å². The second-order valence-corrected chi connectivity index (χ2v) is 12.5. The Morgan fingerprint density at radius 1 is 1.07 bits per heavy atom. The van der Waals surface area contributed by atoms with Gasteiger partial charge in [-0.15, -0.1) is 0 Å². The van der Waals surface area contributed by atoms with Crippen molar-refractivity contribution in [2.75, 3.05) is 11.3 Å². The third kappa shape index (κ3) is 7.63. The summed E-state index contributed by atoms with van der Waals surface area (Å²) in [4.78, 5) is 21.2. The normalized spacial score (nSPS) is 12.7. The van der Waals surface area contributed by atoms with Crippen LogP contribution in [-0.4, -0.2) is 56.2 Å². The number of hydrogen-bond donors (Lipinski definition) is 5. The fourth-order valence-corrected chi connectivity index (χ4v) is 5.64. The molecule has 0 unspecified atom stereocenters. The third-order valence-corrected chi connectivity index (χ3v) is 8.47. The molecule has 5 aromatic rings. The highest BCUT2D eigenvalue weighted by Crippen LogP contribution is 2.22. The van der Waals surface area contributed by atoms with E-state index in [0.29, 0.717) is 29.2 Å². The van der Waals surface area contributed by atoms with Gasteiger partial charge in [-0.25, -0.2) is 18.4 Å². The molecule has 0 aliphatic heterocycles. The van der Waals surface area contributed by atoms with Gasteiger partial charge in [0, 0.05) is 42.1 Å². The van der Waals surface area contributed by atoms with Crippen LogP contribution in [0, 0.1) is 0 Å². The molecular formula is C30H34N8O4S. The van der Waals surface area contributed by atoms with Crippen molar-refractivity contribution in [3.8, 4) is 0 Å². The largest absolute Gasteiger partial charge is 0.387 e. The number of rotatable bonds is 13. The Bertz CT molecular complexity index is 1790. The number of fused-ring (bicyclic) bond motifs is 1. The lowest BCUT2D eigenvalue weighted by atomic mass is 9.99. The summed E-state index contributed by atoms with van der Waals surface area (Å²) in [7, 11) is -3.73. The number of benzene rings is 2. The molecular weight excluding hydrogens is 568 g/mol. The van der Waals surface area contributed by atoms with Gasteiger partial charge in [-0.1, -0.05) is 30.3 Å². The van der Waals surface area contributed by atoms with Gasteiger partial charge in [0.25, 0.3) is 15.9 Å². The number of aromatic nitrogens is 5. The molecule has 0 radical (unpaired) electrons. The van der Waals surface area contributed by atoms with Crippen LogP contribution in [0.25, 0.3) is 11.0 Å². The second kappa shape index (κ2) is 12.7. The molecule has 0 aliphatic carbocycles. The average Bonchev–Trinajstić information content (AvgIpc) is 3.68. The van der Waals surface area contributed by atoms with Crippen LogP contribution in [0.4, 0.5) is 5.69 Å². The number of pyridine rings is 1. The molecule has 12 nitrogen and oxygen atoms in total. The van der Waals surface area contributed by atoms with Crippen LogP contribution in [-0.2, 0) is 23.1 Å². The predicted molar refractivity (Wildman–Crippen MR) is 163 cm³/mol. The molecule has 3 aromatic heterocycles. The van der Waals surface area contributed by atoms with E-state index in [9.17, 15) is 18.3 Å². The van der Waals surface area contributed by atoms with E-state index < -0.39 is 16.1 Å². The maximum Gasteiger partial charge on any atom is 0.261 e. The van der Waals surface area contributed by atoms with E-state index in [1.165, 1.54) is 18.5 Å². The fraction of sp³-hybridized carbons (Fsp3) is 0.267. The molecule has 2 aromatic carbocycles. The number of anilines is 1. The number of carbonyl (C=O) groups is 1. The molecule has 3 heterocycles. The molecule has 1 atom stereocenters. The minimum Gasteiger partial charge on any atom is -0.387 e. The Hall–Kier alpha value is -4.59. The maximum atomic E-state index is 12.7. The van der Waals surface area contributed by atoms with Crippen molar-refractivity contribution in [3.63, 3.8) is 0 Å². The number of carbonyl (C=O) groups excluding carboxylic acids is 1. The minimum absolute atomic E-state index is 0.167. The van der Waals surface area contributed by atoms with Crippen LogP contribution in [0.1, 0.15) is 48.1 Å². The number of amides is 1. The number of nitrogens with zero attached hydrogens (tertiary/aromatic N) is 4. The number of aliphatic hydroxyl groups is 1. The van der Waals surface area contributed by atoms with Crippen molar-refractivity contribution in [1.29, 1.82) is 0 Å². The standard InChI is InChI=1S/C30H34N8O4S/c1-30(2,34-18-26(39)21-7-6-8-24(16-21)37-43(41,42)25-9-4-3-5-10-25)12-14-38-13-11-22-15-23(17-31-28(22)38)29(40)32-19-27-33-20-35-36-27/h3-11,13,15-17,20,26,34,37,39H,12,14,18-19H2,1-2H3,(H,32,40)(H,33,35,36)/t26-/m0/s1. The maximum absolute atomic E-state index is 12.7. The number of aromatic amines is 1. The molecule has 0 fully saturated rings. The molecule has 13 heteroatoms. The highest BCUT2D eigenvalue weighted by molar-refractivity contribution is 7.92. The van der Waals surface area contributed by atoms with Gasteiger partial charge in [0.15, 0.2) is 0 Å². The van der Waals surface area contributed by atoms with Crippen molar-refractivity contribution >= 4 is 32.7 Å². The number of sulfonamides is 1. The Morgan fingerprint density at radius 3 is 2.65 bits per heavy atom. The summed E-state index contributed by atoms with van der Waals surface area (Å²) < 4.78 is 30.0. The minimum atomic E-state index is -3.73. The van der Waals surface area contributed by atoms with Crippen LogP contribution in [0.2, 0.25) is 0 Å². The fourth-order valence-electron chi connectivity index (χ4n) is 4.57. The lowest BCUT2D eigenvalue weighted by Crippen LogP contribution is -2.42. The van der Waals surface area contributed by atoms with Gasteiger partial charge in [-0.3, -0.25) is 14.6 Å². The molecule has 5 rings (SSSR count). The highest BCUT2D eigenvalue weighted by Gasteiger charge is 2.21. The Labute approximate surface area is 249 Å². The number of nitrogens with one attached hydrogen (secondary N) is 4. The van der Waals surface area contributed by atoms with Crippen molar-refractivity contribution in [1.82, 2.24) is 35.4 Å². The van der Waals surface area contributed by atoms with Crippen LogP contribution in [0.15, 0.2) is 90.3 Å². The lowest BCUT2D eigenvalue weighted by Gasteiger charge is -2.28. The number of aliphatic hydroxyl groups excluding tert-OH is 1. The predicted octanol–water partition coefficient (Wildman–Crippen LogP) is 3.38. The summed E-state index contributed by atoms with van der Waals surface area (Å²) in [6.07, 6.45) is 4.78. The summed E-state index contributed by atoms with van der Waals surface area (Å²) in [5.41, 5.74) is 1.87. The number of aryl methyl sites for hydroxylation is 1. The van der Waals surface area contributed by atoms with Gasteiger partial charge >= 0.3 is 0 Å². The SMILES string of the molecule is CC(C)(CCn1ccc2cc(C(=O)NCc3ncn[nH]3)cnc21)NC[C@H](O)c1cccc(NS(=O)(=O)c2ccccc2)c1. The Kier molecular flexibility index (Phi) is 8.85. The number of β-amino-alcohol motifs (C(OH)–C–C–N with tert-alkyl or cyclic N) is 1. The van der Waals surface area contributed by atoms with Crippen molar-refractivity contribution in [3.05, 3.63) is 102 Å². The highest BCUT2D eigenvalue weighted by atomic mass is 32.2. The second-order valence-electron chi connectivity index (χ2n) is 10.8. The van der Waals surface area contributed by atoms with Gasteiger partial charge in [-0.2, -0.15) is 5.10 Å². The van der Waals surface area contributed by atoms with E-state index >= 15 is 0 Å². The Balaban J connectivity index is 1.15. The molecule has 1 amide bonds. The van der Waals surface area contributed by atoms with E-state index in [0.717, 1.165) is 17.5 Å². The van der Waals surface area contributed by atoms with Crippen LogP contribution in [0.5, 0.6) is 0 Å². The molecule has 0 bridgehead atoms. The molecule has 224 valence electrons. The molecule has 0 spiro atoms. The molecule has 43 heavy (non-hydrogen) atoms. The first-order valence-electron chi connectivity index (χ1n) is 13.8. The molecule has 5 N–H and O–H groups in total.